The van der Waals surface area contributed by atoms with Gasteiger partial charge in [0.25, 0.3) is 0 Å². The molecule has 0 aliphatic rings. The maximum Gasteiger partial charge on any atom is 0.417 e. The normalized spacial score (nSPS) is 12.0. The number of halogens is 6. The number of esters is 1. The van der Waals surface area contributed by atoms with Crippen molar-refractivity contribution in [2.75, 3.05) is 33.1 Å². The van der Waals surface area contributed by atoms with Crippen LogP contribution < -0.4 is 4.74 Å². The molecule has 41 heavy (non-hydrogen) atoms. The molecule has 6 nitrogen and oxygen atoms in total. The number of carbonyl (C=O) groups excluding carboxylic acids is 1. The zero-order valence-corrected chi connectivity index (χ0v) is 23.7. The fourth-order valence-corrected chi connectivity index (χ4v) is 5.26. The van der Waals surface area contributed by atoms with Gasteiger partial charge in [0.2, 0.25) is 0 Å². The average molecular weight is 620 g/mol. The number of carbonyl (C=O) groups is 1. The SMILES string of the molecule is COC(=O)c1c(F)cc(OCCCN(CCc2ccc(F)cc2)Cc2cccc(C(F)(F)F)c2Cl)cc1S(C)(=O)=O. The highest BCUT2D eigenvalue weighted by atomic mass is 35.5. The number of ether oxygens (including phenoxy) is 2. The Kier molecular flexibility index (Phi) is 10.7. The number of alkyl halides is 3. The second kappa shape index (κ2) is 13.6. The Bertz CT molecular complexity index is 1480. The number of methoxy groups -OCH3 is 1. The first-order valence-corrected chi connectivity index (χ1v) is 14.5. The van der Waals surface area contributed by atoms with E-state index in [0.29, 0.717) is 25.9 Å². The van der Waals surface area contributed by atoms with E-state index in [9.17, 15) is 35.2 Å². The molecule has 3 rings (SSSR count). The Balaban J connectivity index is 1.75. The molecule has 3 aromatic rings. The third-order valence-corrected chi connectivity index (χ3v) is 7.68. The fourth-order valence-electron chi connectivity index (χ4n) is 4.08. The quantitative estimate of drug-likeness (QED) is 0.134. The van der Waals surface area contributed by atoms with Gasteiger partial charge in [-0.2, -0.15) is 13.2 Å². The van der Waals surface area contributed by atoms with Gasteiger partial charge in [-0.15, -0.1) is 0 Å². The van der Waals surface area contributed by atoms with Crippen LogP contribution in [-0.4, -0.2) is 52.3 Å². The van der Waals surface area contributed by atoms with Gasteiger partial charge in [-0.1, -0.05) is 35.9 Å². The van der Waals surface area contributed by atoms with Crippen molar-refractivity contribution in [2.45, 2.75) is 30.5 Å². The van der Waals surface area contributed by atoms with E-state index in [1.165, 1.54) is 24.3 Å². The van der Waals surface area contributed by atoms with E-state index in [1.54, 1.807) is 12.1 Å². The van der Waals surface area contributed by atoms with E-state index in [4.69, 9.17) is 16.3 Å². The van der Waals surface area contributed by atoms with Crippen LogP contribution in [0.25, 0.3) is 0 Å². The topological polar surface area (TPSA) is 72.9 Å². The van der Waals surface area contributed by atoms with E-state index in [1.807, 2.05) is 4.90 Å². The molecule has 0 saturated carbocycles. The van der Waals surface area contributed by atoms with E-state index in [-0.39, 0.29) is 24.5 Å². The van der Waals surface area contributed by atoms with Crippen molar-refractivity contribution in [1.82, 2.24) is 4.90 Å². The molecule has 0 atom stereocenters. The predicted molar refractivity (Wildman–Crippen MR) is 143 cm³/mol. The van der Waals surface area contributed by atoms with Crippen LogP contribution in [0.4, 0.5) is 22.0 Å². The minimum absolute atomic E-state index is 0.0103. The smallest absolute Gasteiger partial charge is 0.417 e. The molecule has 0 saturated heterocycles. The molecular weight excluding hydrogens is 593 g/mol. The first-order valence-electron chi connectivity index (χ1n) is 12.3. The van der Waals surface area contributed by atoms with Gasteiger partial charge in [0, 0.05) is 32.0 Å². The van der Waals surface area contributed by atoms with Crippen molar-refractivity contribution < 1.29 is 44.6 Å². The molecule has 0 unspecified atom stereocenters. The summed E-state index contributed by atoms with van der Waals surface area (Å²) in [5.41, 5.74) is -0.595. The highest BCUT2D eigenvalue weighted by molar-refractivity contribution is 7.90. The van der Waals surface area contributed by atoms with Crippen LogP contribution in [0.2, 0.25) is 5.02 Å². The molecular formula is C28H27ClF5NO5S. The van der Waals surface area contributed by atoms with Crippen LogP contribution in [0, 0.1) is 11.6 Å². The monoisotopic (exact) mass is 619 g/mol. The van der Waals surface area contributed by atoms with Gasteiger partial charge in [-0.3, -0.25) is 4.90 Å². The summed E-state index contributed by atoms with van der Waals surface area (Å²) in [6.45, 7) is 0.766. The largest absolute Gasteiger partial charge is 0.493 e. The Labute approximate surface area is 239 Å². The van der Waals surface area contributed by atoms with Gasteiger partial charge in [0.15, 0.2) is 9.84 Å². The first kappa shape index (κ1) is 32.3. The summed E-state index contributed by atoms with van der Waals surface area (Å²) in [5, 5.41) is -0.405. The maximum atomic E-state index is 14.6. The van der Waals surface area contributed by atoms with Crippen LogP contribution in [0.5, 0.6) is 5.75 Å². The number of hydrogen-bond donors (Lipinski definition) is 0. The molecule has 0 radical (unpaired) electrons. The zero-order valence-electron chi connectivity index (χ0n) is 22.1. The van der Waals surface area contributed by atoms with E-state index >= 15 is 0 Å². The second-order valence-corrected chi connectivity index (χ2v) is 11.5. The minimum Gasteiger partial charge on any atom is -0.493 e. The highest BCUT2D eigenvalue weighted by Crippen LogP contribution is 2.36. The molecule has 0 aliphatic heterocycles. The zero-order chi connectivity index (χ0) is 30.4. The van der Waals surface area contributed by atoms with Gasteiger partial charge in [-0.25, -0.2) is 22.0 Å². The second-order valence-electron chi connectivity index (χ2n) is 9.17. The molecule has 13 heteroatoms. The summed E-state index contributed by atoms with van der Waals surface area (Å²) >= 11 is 6.09. The lowest BCUT2D eigenvalue weighted by Crippen LogP contribution is -2.28. The maximum absolute atomic E-state index is 14.6. The van der Waals surface area contributed by atoms with Gasteiger partial charge in [-0.05, 0) is 48.2 Å². The van der Waals surface area contributed by atoms with E-state index in [0.717, 1.165) is 37.1 Å². The van der Waals surface area contributed by atoms with Gasteiger partial charge >= 0.3 is 12.1 Å². The molecule has 0 bridgehead atoms. The molecule has 3 aromatic carbocycles. The number of rotatable bonds is 12. The van der Waals surface area contributed by atoms with E-state index in [2.05, 4.69) is 4.74 Å². The van der Waals surface area contributed by atoms with Crippen molar-refractivity contribution in [2.24, 2.45) is 0 Å². The Hall–Kier alpha value is -3.22. The van der Waals surface area contributed by atoms with Gasteiger partial charge < -0.3 is 9.47 Å². The number of sulfone groups is 1. The molecule has 0 amide bonds. The summed E-state index contributed by atoms with van der Waals surface area (Å²) in [5.74, 6) is -2.81. The van der Waals surface area contributed by atoms with Crippen molar-refractivity contribution in [1.29, 1.82) is 0 Å². The van der Waals surface area contributed by atoms with Crippen molar-refractivity contribution in [3.63, 3.8) is 0 Å². The third-order valence-electron chi connectivity index (χ3n) is 6.11. The Morgan fingerprint density at radius 2 is 1.71 bits per heavy atom. The Morgan fingerprint density at radius 1 is 1.02 bits per heavy atom. The summed E-state index contributed by atoms with van der Waals surface area (Å²) < 4.78 is 102. The minimum atomic E-state index is -4.62. The molecule has 0 N–H and O–H groups in total. The highest BCUT2D eigenvalue weighted by Gasteiger charge is 2.34. The van der Waals surface area contributed by atoms with Crippen molar-refractivity contribution in [3.05, 3.63) is 93.5 Å². The first-order chi connectivity index (χ1) is 19.2. The lowest BCUT2D eigenvalue weighted by molar-refractivity contribution is -0.137. The lowest BCUT2D eigenvalue weighted by atomic mass is 10.1. The van der Waals surface area contributed by atoms with Crippen molar-refractivity contribution in [3.8, 4) is 5.75 Å². The van der Waals surface area contributed by atoms with Crippen LogP contribution in [0.15, 0.2) is 59.5 Å². The number of nitrogens with zero attached hydrogens (tertiary/aromatic N) is 1. The van der Waals surface area contributed by atoms with Crippen LogP contribution in [0.1, 0.15) is 33.5 Å². The number of benzene rings is 3. The summed E-state index contributed by atoms with van der Waals surface area (Å²) in [4.78, 5) is 13.2. The summed E-state index contributed by atoms with van der Waals surface area (Å²) in [7, 11) is -3.02. The third kappa shape index (κ3) is 8.88. The van der Waals surface area contributed by atoms with Crippen LogP contribution >= 0.6 is 11.6 Å². The predicted octanol–water partition coefficient (Wildman–Crippen LogP) is 6.34. The molecule has 0 spiro atoms. The van der Waals surface area contributed by atoms with Gasteiger partial charge in [0.05, 0.1) is 29.2 Å². The lowest BCUT2D eigenvalue weighted by Gasteiger charge is -2.24. The average Bonchev–Trinajstić information content (AvgIpc) is 2.89. The molecule has 0 fully saturated rings. The van der Waals surface area contributed by atoms with Gasteiger partial charge in [0.1, 0.15) is 22.9 Å². The summed E-state index contributed by atoms with van der Waals surface area (Å²) in [6.07, 6.45) is -3.02. The van der Waals surface area contributed by atoms with Crippen molar-refractivity contribution >= 4 is 27.4 Å². The Morgan fingerprint density at radius 3 is 2.32 bits per heavy atom. The van der Waals surface area contributed by atoms with Crippen LogP contribution in [0.3, 0.4) is 0 Å². The molecule has 222 valence electrons. The molecule has 0 aliphatic carbocycles. The van der Waals surface area contributed by atoms with E-state index < -0.39 is 54.7 Å². The standard InChI is InChI=1S/C28H27ClF5NO5S/c1-39-27(36)25-23(31)15-21(16-24(25)41(2,37)38)40-14-4-12-35(13-11-18-7-9-20(30)10-8-18)17-19-5-3-6-22(26(19)29)28(32,33)34/h3,5-10,15-16H,4,11-14,17H2,1-2H3. The molecule has 0 aromatic heterocycles. The fraction of sp³-hybridized carbons (Fsp3) is 0.321. The molecule has 0 heterocycles. The van der Waals surface area contributed by atoms with Crippen LogP contribution in [-0.2, 0) is 33.7 Å². The summed E-state index contributed by atoms with van der Waals surface area (Å²) in [6, 6.07) is 11.4. The number of hydrogen-bond acceptors (Lipinski definition) is 6.